The molecule has 128 valence electrons. The molecule has 0 unspecified atom stereocenters. The number of carbonyl (C=O) groups excluding carboxylic acids is 1. The van der Waals surface area contributed by atoms with E-state index in [1.807, 2.05) is 0 Å². The van der Waals surface area contributed by atoms with Crippen LogP contribution in [0.1, 0.15) is 10.4 Å². The molecule has 0 amide bonds. The quantitative estimate of drug-likeness (QED) is 0.384. The van der Waals surface area contributed by atoms with Crippen LogP contribution in [0.5, 0.6) is 5.75 Å². The van der Waals surface area contributed by atoms with Gasteiger partial charge >= 0.3 is 6.36 Å². The van der Waals surface area contributed by atoms with Crippen LogP contribution in [-0.2, 0) is 0 Å². The number of hydrogen-bond donors (Lipinski definition) is 1. The van der Waals surface area contributed by atoms with Crippen molar-refractivity contribution < 1.29 is 27.1 Å². The van der Waals surface area contributed by atoms with Gasteiger partial charge in [-0.1, -0.05) is 0 Å². The first kappa shape index (κ1) is 17.9. The molecule has 5 nitrogen and oxygen atoms in total. The van der Waals surface area contributed by atoms with Crippen molar-refractivity contribution in [3.05, 3.63) is 59.9 Å². The first-order valence-corrected chi connectivity index (χ1v) is 6.68. The standard InChI is InChI=1S/C16H9F4N3O2/c17-11-3-5-12(6-4-11)22-23-14(9-21)15(24)10-1-7-13(8-2-10)25-16(18,19)20/h1-8,22H/b23-14+. The summed E-state index contributed by atoms with van der Waals surface area (Å²) in [5, 5.41) is 12.6. The highest BCUT2D eigenvalue weighted by molar-refractivity contribution is 6.51. The maximum Gasteiger partial charge on any atom is 0.573 e. The van der Waals surface area contributed by atoms with Crippen molar-refractivity contribution in [1.82, 2.24) is 0 Å². The van der Waals surface area contributed by atoms with Crippen molar-refractivity contribution in [3.8, 4) is 11.8 Å². The minimum Gasteiger partial charge on any atom is -0.406 e. The Morgan fingerprint density at radius 3 is 2.20 bits per heavy atom. The summed E-state index contributed by atoms with van der Waals surface area (Å²) in [6.45, 7) is 0. The second-order valence-corrected chi connectivity index (χ2v) is 4.59. The third-order valence-corrected chi connectivity index (χ3v) is 2.81. The van der Waals surface area contributed by atoms with Crippen LogP contribution >= 0.6 is 0 Å². The molecule has 0 spiro atoms. The van der Waals surface area contributed by atoms with Crippen LogP contribution in [0.4, 0.5) is 23.2 Å². The Balaban J connectivity index is 2.12. The van der Waals surface area contributed by atoms with Crippen LogP contribution in [0.15, 0.2) is 53.6 Å². The average molecular weight is 351 g/mol. The zero-order valence-corrected chi connectivity index (χ0v) is 12.3. The number of benzene rings is 2. The number of nitrogens with zero attached hydrogens (tertiary/aromatic N) is 2. The second kappa shape index (κ2) is 7.44. The first-order valence-electron chi connectivity index (χ1n) is 6.68. The SMILES string of the molecule is N#C/C(=N\Nc1ccc(F)cc1)C(=O)c1ccc(OC(F)(F)F)cc1. The molecular formula is C16H9F4N3O2. The predicted octanol–water partition coefficient (Wildman–Crippen LogP) is 3.90. The van der Waals surface area contributed by atoms with Gasteiger partial charge in [-0.2, -0.15) is 10.4 Å². The molecule has 0 fully saturated rings. The average Bonchev–Trinajstić information content (AvgIpc) is 2.56. The van der Waals surface area contributed by atoms with Gasteiger partial charge in [0.15, 0.2) is 0 Å². The van der Waals surface area contributed by atoms with E-state index in [1.165, 1.54) is 12.1 Å². The smallest absolute Gasteiger partial charge is 0.406 e. The molecule has 1 N–H and O–H groups in total. The van der Waals surface area contributed by atoms with Crippen molar-refractivity contribution >= 4 is 17.2 Å². The topological polar surface area (TPSA) is 74.5 Å². The van der Waals surface area contributed by atoms with Crippen LogP contribution in [0.2, 0.25) is 0 Å². The van der Waals surface area contributed by atoms with E-state index in [0.29, 0.717) is 5.69 Å². The number of nitriles is 1. The molecule has 0 aliphatic rings. The molecule has 2 aromatic rings. The molecule has 9 heteroatoms. The molecule has 25 heavy (non-hydrogen) atoms. The first-order chi connectivity index (χ1) is 11.8. The lowest BCUT2D eigenvalue weighted by atomic mass is 10.1. The minimum absolute atomic E-state index is 0.0456. The van der Waals surface area contributed by atoms with Gasteiger partial charge in [-0.3, -0.25) is 10.2 Å². The van der Waals surface area contributed by atoms with E-state index >= 15 is 0 Å². The van der Waals surface area contributed by atoms with Crippen LogP contribution in [0.3, 0.4) is 0 Å². The predicted molar refractivity (Wildman–Crippen MR) is 80.5 cm³/mol. The third-order valence-electron chi connectivity index (χ3n) is 2.81. The molecule has 0 atom stereocenters. The number of anilines is 1. The van der Waals surface area contributed by atoms with E-state index in [-0.39, 0.29) is 5.56 Å². The third kappa shape index (κ3) is 5.31. The lowest BCUT2D eigenvalue weighted by Gasteiger charge is -2.08. The number of hydrazone groups is 1. The van der Waals surface area contributed by atoms with E-state index in [0.717, 1.165) is 36.4 Å². The highest BCUT2D eigenvalue weighted by Gasteiger charge is 2.31. The molecular weight excluding hydrogens is 342 g/mol. The highest BCUT2D eigenvalue weighted by atomic mass is 19.4. The lowest BCUT2D eigenvalue weighted by Crippen LogP contribution is -2.17. The molecule has 0 aliphatic heterocycles. The largest absolute Gasteiger partial charge is 0.573 e. The van der Waals surface area contributed by atoms with E-state index in [1.54, 1.807) is 6.07 Å². The molecule has 0 radical (unpaired) electrons. The van der Waals surface area contributed by atoms with E-state index in [4.69, 9.17) is 5.26 Å². The summed E-state index contributed by atoms with van der Waals surface area (Å²) in [6.07, 6.45) is -4.84. The summed E-state index contributed by atoms with van der Waals surface area (Å²) >= 11 is 0. The number of hydrogen-bond acceptors (Lipinski definition) is 5. The summed E-state index contributed by atoms with van der Waals surface area (Å²) in [7, 11) is 0. The Morgan fingerprint density at radius 2 is 1.68 bits per heavy atom. The zero-order valence-electron chi connectivity index (χ0n) is 12.3. The highest BCUT2D eigenvalue weighted by Crippen LogP contribution is 2.23. The fourth-order valence-corrected chi connectivity index (χ4v) is 1.72. The summed E-state index contributed by atoms with van der Waals surface area (Å²) in [4.78, 5) is 12.1. The molecule has 0 aliphatic carbocycles. The fourth-order valence-electron chi connectivity index (χ4n) is 1.72. The van der Waals surface area contributed by atoms with Crippen molar-refractivity contribution in [2.45, 2.75) is 6.36 Å². The number of ketones is 1. The van der Waals surface area contributed by atoms with Gasteiger partial charge in [0, 0.05) is 5.56 Å². The van der Waals surface area contributed by atoms with Crippen molar-refractivity contribution in [2.75, 3.05) is 5.43 Å². The van der Waals surface area contributed by atoms with Gasteiger partial charge in [0.05, 0.1) is 5.69 Å². The number of rotatable bonds is 5. The van der Waals surface area contributed by atoms with E-state index in [2.05, 4.69) is 15.3 Å². The molecule has 2 rings (SSSR count). The Bertz CT molecular complexity index is 822. The molecule has 0 aromatic heterocycles. The molecule has 0 heterocycles. The van der Waals surface area contributed by atoms with Gasteiger partial charge < -0.3 is 4.74 Å². The van der Waals surface area contributed by atoms with E-state index in [9.17, 15) is 22.4 Å². The monoisotopic (exact) mass is 351 g/mol. The fraction of sp³-hybridized carbons (Fsp3) is 0.0625. The number of nitrogens with one attached hydrogen (secondary N) is 1. The molecule has 0 saturated carbocycles. The maximum absolute atomic E-state index is 12.8. The zero-order chi connectivity index (χ0) is 18.4. The normalized spacial score (nSPS) is 11.6. The number of carbonyl (C=O) groups is 1. The number of halogens is 4. The number of alkyl halides is 3. The summed E-state index contributed by atoms with van der Waals surface area (Å²) < 4.78 is 52.7. The van der Waals surface area contributed by atoms with E-state index < -0.39 is 29.4 Å². The van der Waals surface area contributed by atoms with Crippen LogP contribution < -0.4 is 10.2 Å². The molecule has 2 aromatic carbocycles. The summed E-state index contributed by atoms with van der Waals surface area (Å²) in [5.74, 6) is -1.76. The Kier molecular flexibility index (Phi) is 5.34. The summed E-state index contributed by atoms with van der Waals surface area (Å²) in [6, 6.07) is 10.7. The van der Waals surface area contributed by atoms with Gasteiger partial charge in [0.2, 0.25) is 11.5 Å². The molecule has 0 bridgehead atoms. The van der Waals surface area contributed by atoms with Crippen LogP contribution in [0.25, 0.3) is 0 Å². The summed E-state index contributed by atoms with van der Waals surface area (Å²) in [5.41, 5.74) is 2.20. The Labute approximate surface area is 139 Å². The molecule has 0 saturated heterocycles. The second-order valence-electron chi connectivity index (χ2n) is 4.59. The van der Waals surface area contributed by atoms with Gasteiger partial charge in [0.25, 0.3) is 0 Å². The van der Waals surface area contributed by atoms with Crippen molar-refractivity contribution in [2.24, 2.45) is 5.10 Å². The Hall–Kier alpha value is -3.41. The number of Topliss-reactive ketones (excluding diaryl/α,β-unsaturated/α-hetero) is 1. The van der Waals surface area contributed by atoms with Crippen LogP contribution in [0, 0.1) is 17.1 Å². The van der Waals surface area contributed by atoms with Crippen LogP contribution in [-0.4, -0.2) is 17.9 Å². The van der Waals surface area contributed by atoms with Crippen molar-refractivity contribution in [3.63, 3.8) is 0 Å². The Morgan fingerprint density at radius 1 is 1.08 bits per heavy atom. The van der Waals surface area contributed by atoms with Crippen molar-refractivity contribution in [1.29, 1.82) is 5.26 Å². The lowest BCUT2D eigenvalue weighted by molar-refractivity contribution is -0.274. The van der Waals surface area contributed by atoms with Gasteiger partial charge in [-0.15, -0.1) is 13.2 Å². The van der Waals surface area contributed by atoms with Gasteiger partial charge in [0.1, 0.15) is 17.6 Å². The van der Waals surface area contributed by atoms with Gasteiger partial charge in [-0.05, 0) is 48.5 Å². The maximum atomic E-state index is 12.8. The van der Waals surface area contributed by atoms with Gasteiger partial charge in [-0.25, -0.2) is 4.39 Å². The number of ether oxygens (including phenoxy) is 1. The minimum atomic E-state index is -4.84.